The molecule has 0 N–H and O–H groups in total. The first kappa shape index (κ1) is 16.0. The summed E-state index contributed by atoms with van der Waals surface area (Å²) < 4.78 is 5.91. The van der Waals surface area contributed by atoms with Crippen molar-refractivity contribution in [3.8, 4) is 0 Å². The zero-order chi connectivity index (χ0) is 13.8. The van der Waals surface area contributed by atoms with Gasteiger partial charge in [0, 0.05) is 0 Å². The van der Waals surface area contributed by atoms with Crippen molar-refractivity contribution in [1.82, 2.24) is 0 Å². The molecule has 0 aliphatic heterocycles. The summed E-state index contributed by atoms with van der Waals surface area (Å²) in [4.78, 5) is 0. The highest BCUT2D eigenvalue weighted by atomic mass is 16.5. The third-order valence-electron chi connectivity index (χ3n) is 3.37. The second-order valence-corrected chi connectivity index (χ2v) is 5.03. The molecule has 1 atom stereocenters. The van der Waals surface area contributed by atoms with Gasteiger partial charge in [0.05, 0.1) is 12.7 Å². The molecule has 106 valence electrons. The van der Waals surface area contributed by atoms with Gasteiger partial charge in [0.1, 0.15) is 0 Å². The Labute approximate surface area is 118 Å². The van der Waals surface area contributed by atoms with Gasteiger partial charge in [0.25, 0.3) is 0 Å². The van der Waals surface area contributed by atoms with Crippen LogP contribution in [-0.4, -0.2) is 12.7 Å². The molecule has 1 heteroatoms. The summed E-state index contributed by atoms with van der Waals surface area (Å²) in [6.45, 7) is 5.19. The third-order valence-corrected chi connectivity index (χ3v) is 3.37. The Morgan fingerprint density at radius 3 is 2.53 bits per heavy atom. The zero-order valence-electron chi connectivity index (χ0n) is 12.5. The van der Waals surface area contributed by atoms with Crippen molar-refractivity contribution in [3.63, 3.8) is 0 Å². The summed E-state index contributed by atoms with van der Waals surface area (Å²) in [5, 5.41) is 0. The molecule has 1 unspecified atom stereocenters. The van der Waals surface area contributed by atoms with Crippen molar-refractivity contribution in [1.29, 1.82) is 0 Å². The molecule has 0 saturated carbocycles. The molecule has 0 fully saturated rings. The Morgan fingerprint density at radius 2 is 1.84 bits per heavy atom. The molecule has 0 heterocycles. The van der Waals surface area contributed by atoms with E-state index < -0.39 is 0 Å². The maximum absolute atomic E-state index is 5.91. The highest BCUT2D eigenvalue weighted by Crippen LogP contribution is 2.11. The quantitative estimate of drug-likeness (QED) is 0.507. The summed E-state index contributed by atoms with van der Waals surface area (Å²) in [6, 6.07) is 10.4. The lowest BCUT2D eigenvalue weighted by atomic mass is 10.1. The Kier molecular flexibility index (Phi) is 9.09. The molecule has 0 bridgehead atoms. The number of unbranched alkanes of at least 4 members (excludes halogenated alkanes) is 3. The smallest absolute Gasteiger partial charge is 0.0654 e. The Balaban J connectivity index is 2.16. The molecule has 19 heavy (non-hydrogen) atoms. The number of hydrogen-bond acceptors (Lipinski definition) is 1. The van der Waals surface area contributed by atoms with Crippen LogP contribution >= 0.6 is 0 Å². The van der Waals surface area contributed by atoms with Crippen LogP contribution in [0.5, 0.6) is 0 Å². The fourth-order valence-electron chi connectivity index (χ4n) is 2.14. The first-order valence-corrected chi connectivity index (χ1v) is 7.70. The van der Waals surface area contributed by atoms with Crippen LogP contribution in [0.25, 0.3) is 6.08 Å². The van der Waals surface area contributed by atoms with Crippen molar-refractivity contribution >= 4 is 6.08 Å². The molecule has 1 nitrogen and oxygen atoms in total. The van der Waals surface area contributed by atoms with Gasteiger partial charge < -0.3 is 4.74 Å². The predicted molar refractivity (Wildman–Crippen MR) is 84.3 cm³/mol. The Morgan fingerprint density at radius 1 is 1.05 bits per heavy atom. The van der Waals surface area contributed by atoms with E-state index in [1.165, 1.54) is 37.7 Å². The monoisotopic (exact) mass is 260 g/mol. The van der Waals surface area contributed by atoms with Crippen LogP contribution in [-0.2, 0) is 4.74 Å². The van der Waals surface area contributed by atoms with E-state index in [9.17, 15) is 0 Å². The van der Waals surface area contributed by atoms with E-state index >= 15 is 0 Å². The lowest BCUT2D eigenvalue weighted by Crippen LogP contribution is -2.11. The molecule has 1 rings (SSSR count). The van der Waals surface area contributed by atoms with Crippen molar-refractivity contribution in [2.24, 2.45) is 0 Å². The molecule has 0 amide bonds. The van der Waals surface area contributed by atoms with Gasteiger partial charge in [-0.15, -0.1) is 0 Å². The summed E-state index contributed by atoms with van der Waals surface area (Å²) in [5.41, 5.74) is 1.24. The van der Waals surface area contributed by atoms with Gasteiger partial charge in [0.15, 0.2) is 0 Å². The standard InChI is InChI=1S/C18H28O/c1-3-5-6-10-15-18(4-2)19-16-11-14-17-12-8-7-9-13-17/h7-9,11-14,18H,3-6,10,15-16H2,1-2H3/b14-11+. The minimum absolute atomic E-state index is 0.428. The van der Waals surface area contributed by atoms with Crippen molar-refractivity contribution in [2.45, 2.75) is 58.5 Å². The topological polar surface area (TPSA) is 9.23 Å². The molecule has 0 aromatic heterocycles. The number of rotatable bonds is 10. The minimum Gasteiger partial charge on any atom is -0.374 e. The van der Waals surface area contributed by atoms with Crippen LogP contribution in [0.4, 0.5) is 0 Å². The van der Waals surface area contributed by atoms with Gasteiger partial charge in [-0.05, 0) is 18.4 Å². The van der Waals surface area contributed by atoms with E-state index in [1.807, 2.05) is 6.07 Å². The SMILES string of the molecule is CCCCCCC(CC)OC/C=C/c1ccccc1. The third kappa shape index (κ3) is 7.84. The fraction of sp³-hybridized carbons (Fsp3) is 0.556. The highest BCUT2D eigenvalue weighted by Gasteiger charge is 2.04. The van der Waals surface area contributed by atoms with Crippen molar-refractivity contribution < 1.29 is 4.74 Å². The van der Waals surface area contributed by atoms with Crippen LogP contribution < -0.4 is 0 Å². The summed E-state index contributed by atoms with van der Waals surface area (Å²) in [7, 11) is 0. The van der Waals surface area contributed by atoms with Gasteiger partial charge in [-0.1, -0.05) is 82.0 Å². The van der Waals surface area contributed by atoms with Crippen LogP contribution in [0.15, 0.2) is 36.4 Å². The second kappa shape index (κ2) is 10.8. The Bertz CT molecular complexity index is 329. The molecule has 0 aliphatic rings. The summed E-state index contributed by atoms with van der Waals surface area (Å²) in [6.07, 6.45) is 12.3. The van der Waals surface area contributed by atoms with Crippen LogP contribution in [0.3, 0.4) is 0 Å². The molecule has 1 aromatic carbocycles. The number of benzene rings is 1. The zero-order valence-corrected chi connectivity index (χ0v) is 12.5. The number of hydrogen-bond donors (Lipinski definition) is 0. The van der Waals surface area contributed by atoms with Gasteiger partial charge in [0.2, 0.25) is 0 Å². The van der Waals surface area contributed by atoms with E-state index in [-0.39, 0.29) is 0 Å². The van der Waals surface area contributed by atoms with E-state index in [0.29, 0.717) is 6.10 Å². The maximum Gasteiger partial charge on any atom is 0.0654 e. The average Bonchev–Trinajstić information content (AvgIpc) is 2.46. The predicted octanol–water partition coefficient (Wildman–Crippen LogP) is 5.47. The van der Waals surface area contributed by atoms with E-state index in [2.05, 4.69) is 50.3 Å². The van der Waals surface area contributed by atoms with E-state index in [0.717, 1.165) is 13.0 Å². The van der Waals surface area contributed by atoms with Gasteiger partial charge in [-0.25, -0.2) is 0 Å². The largest absolute Gasteiger partial charge is 0.374 e. The van der Waals surface area contributed by atoms with Crippen molar-refractivity contribution in [3.05, 3.63) is 42.0 Å². The van der Waals surface area contributed by atoms with Gasteiger partial charge >= 0.3 is 0 Å². The summed E-state index contributed by atoms with van der Waals surface area (Å²) >= 11 is 0. The molecular weight excluding hydrogens is 232 g/mol. The highest BCUT2D eigenvalue weighted by molar-refractivity contribution is 5.48. The molecular formula is C18H28O. The van der Waals surface area contributed by atoms with Gasteiger partial charge in [-0.3, -0.25) is 0 Å². The first-order valence-electron chi connectivity index (χ1n) is 7.70. The Hall–Kier alpha value is -1.08. The average molecular weight is 260 g/mol. The van der Waals surface area contributed by atoms with Crippen LogP contribution in [0, 0.1) is 0 Å². The van der Waals surface area contributed by atoms with Crippen molar-refractivity contribution in [2.75, 3.05) is 6.61 Å². The molecule has 1 aromatic rings. The normalized spacial score (nSPS) is 12.9. The lowest BCUT2D eigenvalue weighted by molar-refractivity contribution is 0.0633. The second-order valence-electron chi connectivity index (χ2n) is 5.03. The van der Waals surface area contributed by atoms with E-state index in [1.54, 1.807) is 0 Å². The summed E-state index contributed by atoms with van der Waals surface area (Å²) in [5.74, 6) is 0. The van der Waals surface area contributed by atoms with Gasteiger partial charge in [-0.2, -0.15) is 0 Å². The minimum atomic E-state index is 0.428. The lowest BCUT2D eigenvalue weighted by Gasteiger charge is -2.14. The van der Waals surface area contributed by atoms with Crippen LogP contribution in [0.2, 0.25) is 0 Å². The number of ether oxygens (including phenoxy) is 1. The first-order chi connectivity index (χ1) is 9.36. The fourth-order valence-corrected chi connectivity index (χ4v) is 2.14. The molecule has 0 radical (unpaired) electrons. The molecule has 0 spiro atoms. The maximum atomic E-state index is 5.91. The molecule has 0 aliphatic carbocycles. The van der Waals surface area contributed by atoms with Crippen LogP contribution in [0.1, 0.15) is 57.9 Å². The van der Waals surface area contributed by atoms with E-state index in [4.69, 9.17) is 4.74 Å². The molecule has 0 saturated heterocycles.